The number of nitrogens with one attached hydrogen (secondary N) is 2. The van der Waals surface area contributed by atoms with Crippen LogP contribution >= 0.6 is 0 Å². The summed E-state index contributed by atoms with van der Waals surface area (Å²) in [6, 6.07) is 0. The Hall–Kier alpha value is -2.03. The van der Waals surface area contributed by atoms with Gasteiger partial charge in [0.05, 0.1) is 6.61 Å². The van der Waals surface area contributed by atoms with Crippen molar-refractivity contribution in [3.63, 3.8) is 0 Å². The zero-order valence-corrected chi connectivity index (χ0v) is 10.4. The van der Waals surface area contributed by atoms with Gasteiger partial charge < -0.3 is 17.8 Å². The topological polar surface area (TPSA) is 248 Å². The maximum Gasteiger partial charge on any atom is 0.397 e. The van der Waals surface area contributed by atoms with Gasteiger partial charge in [0.25, 0.3) is 0 Å². The molecule has 0 aromatic carbocycles. The third kappa shape index (κ3) is 65.9. The summed E-state index contributed by atoms with van der Waals surface area (Å²) in [6.07, 6.45) is 1.89. The minimum absolute atomic E-state index is 0. The fraction of sp³-hybridized carbons (Fsp3) is 0.500. The van der Waals surface area contributed by atoms with Crippen LogP contribution in [0.1, 0.15) is 6.92 Å². The number of hydrogen-bond acceptors (Lipinski definition) is 10. The van der Waals surface area contributed by atoms with Gasteiger partial charge in [-0.3, -0.25) is 4.55 Å². The minimum atomic E-state index is -4.17. The molecular formula is C4H17N9O4S. The number of nitrogens with zero attached hydrogens (tertiary/aromatic N) is 4. The highest BCUT2D eigenvalue weighted by Crippen LogP contribution is 1.81. The highest BCUT2D eigenvalue weighted by atomic mass is 32.3. The molecule has 0 radical (unpaired) electrons. The van der Waals surface area contributed by atoms with Gasteiger partial charge in [-0.15, -0.1) is 10.2 Å². The van der Waals surface area contributed by atoms with Crippen molar-refractivity contribution >= 4 is 23.1 Å². The minimum Gasteiger partial charge on any atom is -0.344 e. The van der Waals surface area contributed by atoms with Gasteiger partial charge in [0.1, 0.15) is 0 Å². The van der Waals surface area contributed by atoms with Crippen molar-refractivity contribution in [3.05, 3.63) is 0 Å². The summed E-state index contributed by atoms with van der Waals surface area (Å²) >= 11 is 0. The van der Waals surface area contributed by atoms with E-state index in [0.29, 0.717) is 0 Å². The number of rotatable bonds is 4. The maximum absolute atomic E-state index is 9.56. The Morgan fingerprint density at radius 1 is 1.22 bits per heavy atom. The van der Waals surface area contributed by atoms with Crippen molar-refractivity contribution in [2.75, 3.05) is 6.61 Å². The molecule has 18 heavy (non-hydrogen) atoms. The van der Waals surface area contributed by atoms with Crippen LogP contribution in [-0.2, 0) is 14.6 Å². The molecule has 14 heteroatoms. The Labute approximate surface area is 104 Å². The second-order valence-corrected chi connectivity index (χ2v) is 2.71. The molecule has 108 valence electrons. The fourth-order valence-corrected chi connectivity index (χ4v) is 0.513. The van der Waals surface area contributed by atoms with E-state index in [1.165, 1.54) is 6.92 Å². The zero-order chi connectivity index (χ0) is 14.2. The van der Waals surface area contributed by atoms with Gasteiger partial charge in [0.2, 0.25) is 0 Å². The molecule has 13 nitrogen and oxygen atoms in total. The van der Waals surface area contributed by atoms with Crippen LogP contribution in [0.3, 0.4) is 0 Å². The van der Waals surface area contributed by atoms with E-state index in [0.717, 1.165) is 12.7 Å². The molecule has 0 aromatic rings. The number of hydrazone groups is 2. The van der Waals surface area contributed by atoms with Crippen LogP contribution in [0.5, 0.6) is 0 Å². The lowest BCUT2D eigenvalue weighted by molar-refractivity contribution is 0.283. The van der Waals surface area contributed by atoms with Gasteiger partial charge >= 0.3 is 10.4 Å². The van der Waals surface area contributed by atoms with E-state index in [9.17, 15) is 8.42 Å². The predicted octanol–water partition coefficient (Wildman–Crippen LogP) is -0.174. The van der Waals surface area contributed by atoms with E-state index >= 15 is 0 Å². The van der Waals surface area contributed by atoms with Crippen LogP contribution in [0.25, 0.3) is 0 Å². The Morgan fingerprint density at radius 3 is 1.56 bits per heavy atom. The fourth-order valence-electron chi connectivity index (χ4n) is 0.216. The van der Waals surface area contributed by atoms with E-state index in [1.807, 2.05) is 0 Å². The predicted molar refractivity (Wildman–Crippen MR) is 63.9 cm³/mol. The molecule has 0 heterocycles. The van der Waals surface area contributed by atoms with Gasteiger partial charge in [0.15, 0.2) is 12.7 Å². The highest BCUT2D eigenvalue weighted by molar-refractivity contribution is 7.80. The van der Waals surface area contributed by atoms with Crippen LogP contribution in [-0.4, -0.2) is 32.3 Å². The number of nitrogens with two attached hydrogens (primary N) is 2. The summed E-state index contributed by atoms with van der Waals surface area (Å²) in [7, 11) is -4.17. The molecule has 0 saturated heterocycles. The average molecular weight is 287 g/mol. The lowest BCUT2D eigenvalue weighted by Crippen LogP contribution is -2.01. The van der Waals surface area contributed by atoms with Crippen molar-refractivity contribution in [2.24, 2.45) is 32.1 Å². The molecule has 0 aliphatic carbocycles. The number of hydrogen-bond donors (Lipinski definition) is 6. The largest absolute Gasteiger partial charge is 0.397 e. The quantitative estimate of drug-likeness (QED) is 0.101. The summed E-state index contributed by atoms with van der Waals surface area (Å²) in [4.78, 5) is 0. The van der Waals surface area contributed by atoms with E-state index < -0.39 is 10.4 Å². The summed E-state index contributed by atoms with van der Waals surface area (Å²) in [6.45, 7) is 1.44. The third-order valence-corrected chi connectivity index (χ3v) is 1.05. The molecule has 0 aromatic heterocycles. The van der Waals surface area contributed by atoms with Crippen LogP contribution in [0.2, 0.25) is 0 Å². The standard InChI is InChI=1S/C2H6O4S.2CH4N4.H3N/c1-2-6-7(3,4)5;2*2-4-1-5-3;/h2H2,1H3,(H,3,4,5);2*1-2H,3H2;1H3. The molecule has 10 N–H and O–H groups in total. The molecule has 0 rings (SSSR count). The van der Waals surface area contributed by atoms with E-state index in [4.69, 9.17) is 15.6 Å². The molecule has 0 saturated carbocycles. The van der Waals surface area contributed by atoms with E-state index in [-0.39, 0.29) is 12.8 Å². The van der Waals surface area contributed by atoms with E-state index in [1.54, 1.807) is 0 Å². The molecule has 0 aliphatic heterocycles. The average Bonchev–Trinajstić information content (AvgIpc) is 2.20. The van der Waals surface area contributed by atoms with Crippen molar-refractivity contribution in [1.82, 2.24) is 6.15 Å². The first-order valence-corrected chi connectivity index (χ1v) is 5.04. The SMILES string of the molecule is CCOS(=O)(=O)O.N.N=NC=NN.N=NC=NN. The normalized spacial score (nSPS) is 9.44. The lowest BCUT2D eigenvalue weighted by Gasteiger charge is -1.88. The molecule has 0 amide bonds. The maximum atomic E-state index is 9.56. The van der Waals surface area contributed by atoms with Gasteiger partial charge in [-0.05, 0) is 6.92 Å². The van der Waals surface area contributed by atoms with Crippen LogP contribution in [0.15, 0.2) is 20.4 Å². The van der Waals surface area contributed by atoms with Crippen molar-refractivity contribution in [2.45, 2.75) is 6.92 Å². The third-order valence-electron chi connectivity index (χ3n) is 0.516. The van der Waals surface area contributed by atoms with Crippen molar-refractivity contribution in [3.8, 4) is 0 Å². The zero-order valence-electron chi connectivity index (χ0n) is 9.59. The molecular weight excluding hydrogens is 270 g/mol. The smallest absolute Gasteiger partial charge is 0.344 e. The van der Waals surface area contributed by atoms with Gasteiger partial charge in [0, 0.05) is 0 Å². The monoisotopic (exact) mass is 287 g/mol. The Kier molecular flexibility index (Phi) is 28.3. The second kappa shape index (κ2) is 20.4. The Bertz CT molecular complexity index is 309. The lowest BCUT2D eigenvalue weighted by atomic mass is 10.9. The molecule has 0 spiro atoms. The van der Waals surface area contributed by atoms with Crippen LogP contribution in [0.4, 0.5) is 0 Å². The van der Waals surface area contributed by atoms with Gasteiger partial charge in [-0.25, -0.2) is 15.2 Å². The first kappa shape index (κ1) is 25.0. The van der Waals surface area contributed by atoms with Crippen molar-refractivity contribution in [1.29, 1.82) is 11.1 Å². The first-order chi connectivity index (χ1) is 7.89. The van der Waals surface area contributed by atoms with Crippen LogP contribution in [0, 0.1) is 11.1 Å². The molecule has 0 aliphatic rings. The Morgan fingerprint density at radius 2 is 1.56 bits per heavy atom. The summed E-state index contributed by atoms with van der Waals surface area (Å²) in [5.41, 5.74) is 12.0. The van der Waals surface area contributed by atoms with Gasteiger partial charge in [-0.1, -0.05) is 0 Å². The van der Waals surface area contributed by atoms with Crippen molar-refractivity contribution < 1.29 is 17.2 Å². The molecule has 0 unspecified atom stereocenters. The van der Waals surface area contributed by atoms with Crippen LogP contribution < -0.4 is 17.8 Å². The molecule has 0 bridgehead atoms. The van der Waals surface area contributed by atoms with E-state index in [2.05, 4.69) is 36.3 Å². The second-order valence-electron chi connectivity index (χ2n) is 1.62. The molecule has 0 atom stereocenters. The molecule has 0 fully saturated rings. The summed E-state index contributed by atoms with van der Waals surface area (Å²) in [5.74, 6) is 8.99. The summed E-state index contributed by atoms with van der Waals surface area (Å²) in [5, 5.41) is 11.1. The first-order valence-electron chi connectivity index (χ1n) is 3.67. The van der Waals surface area contributed by atoms with Gasteiger partial charge in [-0.2, -0.15) is 18.6 Å². The highest BCUT2D eigenvalue weighted by Gasteiger charge is 1.98. The summed E-state index contributed by atoms with van der Waals surface area (Å²) < 4.78 is 30.7. The Balaban J connectivity index is -0.0000000813.